The molecule has 3 saturated heterocycles. The highest BCUT2D eigenvalue weighted by Crippen LogP contribution is 2.42. The number of aryl methyl sites for hydroxylation is 2. The molecular weight excluding hydrogens is 461 g/mol. The first kappa shape index (κ1) is 24.6. The molecule has 3 aromatic rings. The van der Waals surface area contributed by atoms with Gasteiger partial charge in [0.25, 0.3) is 0 Å². The number of halogens is 3. The molecule has 7 heteroatoms. The molecule has 4 unspecified atom stereocenters. The number of rotatable bonds is 6. The number of nitrogens with one attached hydrogen (secondary N) is 2. The zero-order valence-corrected chi connectivity index (χ0v) is 21.0. The van der Waals surface area contributed by atoms with E-state index in [9.17, 15) is 13.2 Å². The van der Waals surface area contributed by atoms with Gasteiger partial charge in [0.2, 0.25) is 0 Å². The van der Waals surface area contributed by atoms with Crippen LogP contribution in [0.15, 0.2) is 61.1 Å². The molecule has 0 amide bonds. The fourth-order valence-corrected chi connectivity index (χ4v) is 6.03. The van der Waals surface area contributed by atoms with Gasteiger partial charge in [-0.15, -0.1) is 0 Å². The summed E-state index contributed by atoms with van der Waals surface area (Å²) < 4.78 is 40.1. The highest BCUT2D eigenvalue weighted by molar-refractivity contribution is 5.83. The van der Waals surface area contributed by atoms with Crippen molar-refractivity contribution in [2.24, 2.45) is 11.8 Å². The van der Waals surface area contributed by atoms with E-state index in [0.29, 0.717) is 28.9 Å². The summed E-state index contributed by atoms with van der Waals surface area (Å²) in [6.45, 7) is 12.4. The molecule has 190 valence electrons. The molecule has 2 N–H and O–H groups in total. The number of hydrogen-bond acceptors (Lipinski definition) is 4. The molecule has 36 heavy (non-hydrogen) atoms. The van der Waals surface area contributed by atoms with Gasteiger partial charge in [-0.2, -0.15) is 13.2 Å². The van der Waals surface area contributed by atoms with Gasteiger partial charge in [-0.3, -0.25) is 9.88 Å². The van der Waals surface area contributed by atoms with Gasteiger partial charge < -0.3 is 10.6 Å². The summed E-state index contributed by atoms with van der Waals surface area (Å²) in [6.07, 6.45) is -0.278. The van der Waals surface area contributed by atoms with Crippen molar-refractivity contribution in [1.29, 1.82) is 0 Å². The zero-order valence-electron chi connectivity index (χ0n) is 21.0. The van der Waals surface area contributed by atoms with Crippen LogP contribution >= 0.6 is 0 Å². The van der Waals surface area contributed by atoms with Crippen molar-refractivity contribution in [3.8, 4) is 0 Å². The number of anilines is 1. The van der Waals surface area contributed by atoms with Crippen molar-refractivity contribution >= 4 is 16.6 Å². The van der Waals surface area contributed by atoms with Crippen LogP contribution in [-0.2, 0) is 6.18 Å². The molecule has 0 spiro atoms. The van der Waals surface area contributed by atoms with Crippen molar-refractivity contribution < 1.29 is 13.2 Å². The summed E-state index contributed by atoms with van der Waals surface area (Å²) in [5.41, 5.74) is 3.46. The topological polar surface area (TPSA) is 40.2 Å². The minimum Gasteiger partial charge on any atom is -0.364 e. The maximum atomic E-state index is 13.4. The Morgan fingerprint density at radius 2 is 1.92 bits per heavy atom. The number of piperidine rings is 3. The Balaban J connectivity index is 1.48. The quantitative estimate of drug-likeness (QED) is 0.395. The van der Waals surface area contributed by atoms with Crippen LogP contribution in [0, 0.1) is 25.7 Å². The minimum atomic E-state index is -4.40. The summed E-state index contributed by atoms with van der Waals surface area (Å²) in [7, 11) is 0. The number of hydrogen-bond donors (Lipinski definition) is 2. The van der Waals surface area contributed by atoms with E-state index in [1.807, 2.05) is 12.3 Å². The Labute approximate surface area is 210 Å². The van der Waals surface area contributed by atoms with Gasteiger partial charge in [-0.1, -0.05) is 25.1 Å². The van der Waals surface area contributed by atoms with Gasteiger partial charge in [0.1, 0.15) is 0 Å². The lowest BCUT2D eigenvalue weighted by Gasteiger charge is -2.52. The number of aromatic nitrogens is 1. The van der Waals surface area contributed by atoms with E-state index in [1.165, 1.54) is 6.42 Å². The van der Waals surface area contributed by atoms with Gasteiger partial charge in [0.05, 0.1) is 22.9 Å². The summed E-state index contributed by atoms with van der Waals surface area (Å²) in [5.74, 6) is 1.82. The summed E-state index contributed by atoms with van der Waals surface area (Å²) >= 11 is 0. The molecule has 4 heterocycles. The van der Waals surface area contributed by atoms with Gasteiger partial charge in [0, 0.05) is 29.9 Å². The Morgan fingerprint density at radius 1 is 1.11 bits per heavy atom. The lowest BCUT2D eigenvalue weighted by atomic mass is 9.73. The molecule has 3 aliphatic rings. The van der Waals surface area contributed by atoms with Crippen molar-refractivity contribution in [1.82, 2.24) is 15.2 Å². The minimum absolute atomic E-state index is 0.0838. The molecular formula is C29H33F3N4. The van der Waals surface area contributed by atoms with Crippen LogP contribution in [0.3, 0.4) is 0 Å². The first-order chi connectivity index (χ1) is 17.1. The van der Waals surface area contributed by atoms with Crippen molar-refractivity contribution in [3.05, 3.63) is 83.3 Å². The normalized spacial score (nSPS) is 24.5. The molecule has 2 aromatic carbocycles. The number of alkyl halides is 3. The van der Waals surface area contributed by atoms with E-state index >= 15 is 0 Å². The number of benzene rings is 2. The van der Waals surface area contributed by atoms with E-state index in [1.54, 1.807) is 13.0 Å². The van der Waals surface area contributed by atoms with Crippen molar-refractivity contribution in [3.63, 3.8) is 0 Å². The van der Waals surface area contributed by atoms with Gasteiger partial charge in [0.15, 0.2) is 0 Å². The molecule has 1 aromatic heterocycles. The fourth-order valence-electron chi connectivity index (χ4n) is 6.03. The maximum Gasteiger partial charge on any atom is 0.416 e. The maximum absolute atomic E-state index is 13.4. The molecule has 3 aliphatic heterocycles. The number of pyridine rings is 1. The average molecular weight is 495 g/mol. The molecule has 2 bridgehead atoms. The third kappa shape index (κ3) is 4.94. The Bertz CT molecular complexity index is 1290. The van der Waals surface area contributed by atoms with Crippen LogP contribution in [0.2, 0.25) is 0 Å². The van der Waals surface area contributed by atoms with E-state index in [0.717, 1.165) is 53.7 Å². The lowest BCUT2D eigenvalue weighted by Crippen LogP contribution is -2.56. The Hall–Kier alpha value is -3.06. The molecule has 0 aliphatic carbocycles. The van der Waals surface area contributed by atoms with Crippen molar-refractivity contribution in [2.75, 3.05) is 18.4 Å². The lowest BCUT2D eigenvalue weighted by molar-refractivity contribution is -0.137. The first-order valence-electron chi connectivity index (χ1n) is 12.6. The number of fused-ring (bicyclic) bond motifs is 4. The van der Waals surface area contributed by atoms with Crippen LogP contribution in [0.1, 0.15) is 48.1 Å². The second-order valence-corrected chi connectivity index (χ2v) is 10.6. The van der Waals surface area contributed by atoms with Crippen LogP contribution in [0.4, 0.5) is 18.9 Å². The predicted octanol–water partition coefficient (Wildman–Crippen LogP) is 6.81. The highest BCUT2D eigenvalue weighted by atomic mass is 19.4. The second-order valence-electron chi connectivity index (χ2n) is 10.6. The van der Waals surface area contributed by atoms with Crippen LogP contribution in [0.5, 0.6) is 0 Å². The Morgan fingerprint density at radius 3 is 2.61 bits per heavy atom. The van der Waals surface area contributed by atoms with Crippen LogP contribution < -0.4 is 10.6 Å². The third-order valence-electron chi connectivity index (χ3n) is 7.81. The largest absolute Gasteiger partial charge is 0.416 e. The standard InChI is InChI=1S/C29H33F3N4/c1-17-5-6-26-25(13-17)24(7-9-33-26)28(27-14-21-8-10-36(27)16-19(21)3)35-20(4)34-23-12-18(2)11-22(15-23)29(30,31)32/h5-7,9,11-13,15,19,21,27-28,34-35H,4,8,10,14,16H2,1-3H3/t19?,21?,27?,28-/m0/s1. The van der Waals surface area contributed by atoms with Gasteiger partial charge >= 0.3 is 6.18 Å². The molecule has 6 rings (SSSR count). The average Bonchev–Trinajstić information content (AvgIpc) is 2.82. The van der Waals surface area contributed by atoms with Crippen LogP contribution in [0.25, 0.3) is 10.9 Å². The SMILES string of the molecule is C=C(Nc1cc(C)cc(C(F)(F)F)c1)N[C@@H](c1ccnc2ccc(C)cc12)C1CC2CCN1CC2C. The summed E-state index contributed by atoms with van der Waals surface area (Å²) in [5, 5.41) is 7.78. The molecule has 3 fully saturated rings. The monoisotopic (exact) mass is 494 g/mol. The van der Waals surface area contributed by atoms with E-state index in [-0.39, 0.29) is 12.1 Å². The molecule has 0 saturated carbocycles. The summed E-state index contributed by atoms with van der Waals surface area (Å²) in [4.78, 5) is 7.14. The number of nitrogens with zero attached hydrogens (tertiary/aromatic N) is 2. The molecule has 4 nitrogen and oxygen atoms in total. The van der Waals surface area contributed by atoms with E-state index < -0.39 is 11.7 Å². The van der Waals surface area contributed by atoms with Crippen molar-refractivity contribution in [2.45, 2.75) is 51.9 Å². The smallest absolute Gasteiger partial charge is 0.364 e. The van der Waals surface area contributed by atoms with Gasteiger partial charge in [-0.05, 0) is 92.6 Å². The Kier molecular flexibility index (Phi) is 6.45. The zero-order chi connectivity index (χ0) is 25.6. The van der Waals surface area contributed by atoms with Crippen LogP contribution in [-0.4, -0.2) is 29.0 Å². The van der Waals surface area contributed by atoms with Gasteiger partial charge in [-0.25, -0.2) is 0 Å². The molecule has 0 radical (unpaired) electrons. The van der Waals surface area contributed by atoms with E-state index in [2.05, 4.69) is 59.1 Å². The first-order valence-corrected chi connectivity index (χ1v) is 12.6. The summed E-state index contributed by atoms with van der Waals surface area (Å²) in [6, 6.07) is 12.5. The molecule has 5 atom stereocenters. The fraction of sp³-hybridized carbons (Fsp3) is 0.414. The van der Waals surface area contributed by atoms with E-state index in [4.69, 9.17) is 0 Å². The predicted molar refractivity (Wildman–Crippen MR) is 139 cm³/mol. The third-order valence-corrected chi connectivity index (χ3v) is 7.81. The highest BCUT2D eigenvalue weighted by Gasteiger charge is 2.42. The second kappa shape index (κ2) is 9.43.